The molecule has 0 saturated carbocycles. The van der Waals surface area contributed by atoms with Gasteiger partial charge in [-0.3, -0.25) is 9.59 Å². The number of aromatic nitrogens is 2. The van der Waals surface area contributed by atoms with E-state index in [0.29, 0.717) is 6.54 Å². The fourth-order valence-electron chi connectivity index (χ4n) is 1.65. The summed E-state index contributed by atoms with van der Waals surface area (Å²) in [6.07, 6.45) is 4.41. The first-order valence-electron chi connectivity index (χ1n) is 6.91. The van der Waals surface area contributed by atoms with Crippen molar-refractivity contribution in [3.63, 3.8) is 0 Å². The summed E-state index contributed by atoms with van der Waals surface area (Å²) in [4.78, 5) is 30.6. The SMILES string of the molecule is CCC(NC(=O)CCNC(=O)C(C)(C)C)c1ncc[nH]1. The second-order valence-electron chi connectivity index (χ2n) is 5.76. The summed E-state index contributed by atoms with van der Waals surface area (Å²) in [7, 11) is 0. The van der Waals surface area contributed by atoms with E-state index in [-0.39, 0.29) is 24.3 Å². The fourth-order valence-corrected chi connectivity index (χ4v) is 1.65. The van der Waals surface area contributed by atoms with Gasteiger partial charge in [-0.15, -0.1) is 0 Å². The molecule has 0 saturated heterocycles. The number of H-pyrrole nitrogens is 1. The standard InChI is InChI=1S/C14H24N4O2/c1-5-10(12-15-8-9-16-12)18-11(19)6-7-17-13(20)14(2,3)4/h8-10H,5-7H2,1-4H3,(H,15,16)(H,17,20)(H,18,19). The van der Waals surface area contributed by atoms with Gasteiger partial charge in [-0.05, 0) is 6.42 Å². The highest BCUT2D eigenvalue weighted by atomic mass is 16.2. The quantitative estimate of drug-likeness (QED) is 0.738. The van der Waals surface area contributed by atoms with Crippen LogP contribution in [0.15, 0.2) is 12.4 Å². The Balaban J connectivity index is 2.35. The molecule has 1 unspecified atom stereocenters. The first-order valence-corrected chi connectivity index (χ1v) is 6.91. The molecule has 3 N–H and O–H groups in total. The molecule has 112 valence electrons. The Hall–Kier alpha value is -1.85. The minimum atomic E-state index is -0.434. The first-order chi connectivity index (χ1) is 9.34. The van der Waals surface area contributed by atoms with Gasteiger partial charge in [0.1, 0.15) is 5.82 Å². The van der Waals surface area contributed by atoms with Crippen LogP contribution < -0.4 is 10.6 Å². The van der Waals surface area contributed by atoms with E-state index in [1.54, 1.807) is 12.4 Å². The summed E-state index contributed by atoms with van der Waals surface area (Å²) in [5.41, 5.74) is -0.434. The molecule has 1 rings (SSSR count). The lowest BCUT2D eigenvalue weighted by molar-refractivity contribution is -0.128. The van der Waals surface area contributed by atoms with E-state index in [9.17, 15) is 9.59 Å². The number of hydrogen-bond acceptors (Lipinski definition) is 3. The number of imidazole rings is 1. The van der Waals surface area contributed by atoms with Crippen LogP contribution in [0.5, 0.6) is 0 Å². The van der Waals surface area contributed by atoms with Gasteiger partial charge in [0, 0.05) is 30.8 Å². The van der Waals surface area contributed by atoms with Crippen molar-refractivity contribution in [1.29, 1.82) is 0 Å². The van der Waals surface area contributed by atoms with E-state index >= 15 is 0 Å². The molecule has 2 amide bonds. The van der Waals surface area contributed by atoms with Crippen molar-refractivity contribution in [1.82, 2.24) is 20.6 Å². The second kappa shape index (κ2) is 7.07. The molecule has 6 heteroatoms. The van der Waals surface area contributed by atoms with Gasteiger partial charge in [-0.1, -0.05) is 27.7 Å². The van der Waals surface area contributed by atoms with E-state index in [1.807, 2.05) is 27.7 Å². The molecule has 0 aliphatic rings. The van der Waals surface area contributed by atoms with Crippen molar-refractivity contribution in [3.8, 4) is 0 Å². The summed E-state index contributed by atoms with van der Waals surface area (Å²) in [6, 6.07) is -0.115. The van der Waals surface area contributed by atoms with Gasteiger partial charge < -0.3 is 15.6 Å². The second-order valence-corrected chi connectivity index (χ2v) is 5.76. The van der Waals surface area contributed by atoms with Crippen LogP contribution in [0, 0.1) is 5.41 Å². The molecule has 0 bridgehead atoms. The summed E-state index contributed by atoms with van der Waals surface area (Å²) >= 11 is 0. The van der Waals surface area contributed by atoms with E-state index in [1.165, 1.54) is 0 Å². The Bertz CT molecular complexity index is 435. The van der Waals surface area contributed by atoms with Crippen LogP contribution in [-0.4, -0.2) is 28.3 Å². The van der Waals surface area contributed by atoms with Gasteiger partial charge in [0.15, 0.2) is 0 Å². The van der Waals surface area contributed by atoms with Crippen molar-refractivity contribution in [2.45, 2.75) is 46.6 Å². The summed E-state index contributed by atoms with van der Waals surface area (Å²) in [5.74, 6) is 0.602. The number of hydrogen-bond donors (Lipinski definition) is 3. The van der Waals surface area contributed by atoms with E-state index in [2.05, 4.69) is 20.6 Å². The van der Waals surface area contributed by atoms with Crippen LogP contribution in [0.2, 0.25) is 0 Å². The lowest BCUT2D eigenvalue weighted by Gasteiger charge is -2.18. The van der Waals surface area contributed by atoms with Crippen LogP contribution >= 0.6 is 0 Å². The molecule has 20 heavy (non-hydrogen) atoms. The smallest absolute Gasteiger partial charge is 0.225 e. The molecule has 1 aromatic heterocycles. The number of aromatic amines is 1. The topological polar surface area (TPSA) is 86.9 Å². The highest BCUT2D eigenvalue weighted by molar-refractivity contribution is 5.82. The minimum Gasteiger partial charge on any atom is -0.355 e. The largest absolute Gasteiger partial charge is 0.355 e. The zero-order valence-electron chi connectivity index (χ0n) is 12.6. The van der Waals surface area contributed by atoms with Crippen molar-refractivity contribution in [2.24, 2.45) is 5.41 Å². The highest BCUT2D eigenvalue weighted by Gasteiger charge is 2.21. The summed E-state index contributed by atoms with van der Waals surface area (Å²) in [5, 5.41) is 5.65. The predicted octanol–water partition coefficient (Wildman–Crippen LogP) is 1.53. The van der Waals surface area contributed by atoms with Crippen LogP contribution in [-0.2, 0) is 9.59 Å². The lowest BCUT2D eigenvalue weighted by Crippen LogP contribution is -2.38. The molecule has 1 aromatic rings. The van der Waals surface area contributed by atoms with Gasteiger partial charge in [-0.2, -0.15) is 0 Å². The Morgan fingerprint density at radius 1 is 1.40 bits per heavy atom. The van der Waals surface area contributed by atoms with E-state index in [4.69, 9.17) is 0 Å². The molecule has 0 aromatic carbocycles. The van der Waals surface area contributed by atoms with Gasteiger partial charge in [0.25, 0.3) is 0 Å². The van der Waals surface area contributed by atoms with Gasteiger partial charge in [0.2, 0.25) is 11.8 Å². The monoisotopic (exact) mass is 280 g/mol. The third kappa shape index (κ3) is 5.03. The minimum absolute atomic E-state index is 0.0524. The first kappa shape index (κ1) is 16.2. The number of carbonyl (C=O) groups is 2. The maximum absolute atomic E-state index is 11.8. The Kier molecular flexibility index (Phi) is 5.73. The molecule has 0 radical (unpaired) electrons. The Labute approximate surface area is 119 Å². The Morgan fingerprint density at radius 3 is 2.60 bits per heavy atom. The third-order valence-corrected chi connectivity index (χ3v) is 2.91. The van der Waals surface area contributed by atoms with E-state index in [0.717, 1.165) is 12.2 Å². The van der Waals surface area contributed by atoms with Crippen molar-refractivity contribution >= 4 is 11.8 Å². The third-order valence-electron chi connectivity index (χ3n) is 2.91. The van der Waals surface area contributed by atoms with Gasteiger partial charge in [0.05, 0.1) is 6.04 Å². The number of carbonyl (C=O) groups excluding carboxylic acids is 2. The molecular weight excluding hydrogens is 256 g/mol. The number of nitrogens with zero attached hydrogens (tertiary/aromatic N) is 1. The maximum Gasteiger partial charge on any atom is 0.225 e. The predicted molar refractivity (Wildman–Crippen MR) is 76.8 cm³/mol. The zero-order valence-corrected chi connectivity index (χ0v) is 12.6. The maximum atomic E-state index is 11.8. The van der Waals surface area contributed by atoms with Crippen LogP contribution in [0.3, 0.4) is 0 Å². The molecule has 0 spiro atoms. The molecule has 1 heterocycles. The molecule has 6 nitrogen and oxygen atoms in total. The molecule has 0 fully saturated rings. The zero-order chi connectivity index (χ0) is 15.2. The summed E-state index contributed by atoms with van der Waals surface area (Å²) < 4.78 is 0. The van der Waals surface area contributed by atoms with Crippen molar-refractivity contribution < 1.29 is 9.59 Å². The molecule has 1 atom stereocenters. The molecule has 0 aliphatic carbocycles. The molecular formula is C14H24N4O2. The van der Waals surface area contributed by atoms with E-state index < -0.39 is 5.41 Å². The highest BCUT2D eigenvalue weighted by Crippen LogP contribution is 2.13. The van der Waals surface area contributed by atoms with Crippen molar-refractivity contribution in [2.75, 3.05) is 6.54 Å². The van der Waals surface area contributed by atoms with Crippen molar-refractivity contribution in [3.05, 3.63) is 18.2 Å². The van der Waals surface area contributed by atoms with Crippen LogP contribution in [0.1, 0.15) is 52.4 Å². The van der Waals surface area contributed by atoms with Crippen LogP contribution in [0.25, 0.3) is 0 Å². The summed E-state index contributed by atoms with van der Waals surface area (Å²) in [6.45, 7) is 7.84. The molecule has 0 aliphatic heterocycles. The lowest BCUT2D eigenvalue weighted by atomic mass is 9.96. The normalized spacial score (nSPS) is 12.8. The van der Waals surface area contributed by atoms with Gasteiger partial charge >= 0.3 is 0 Å². The Morgan fingerprint density at radius 2 is 2.10 bits per heavy atom. The fraction of sp³-hybridized carbons (Fsp3) is 0.643. The number of nitrogens with one attached hydrogen (secondary N) is 3. The number of amides is 2. The number of rotatable bonds is 6. The average Bonchev–Trinajstić information content (AvgIpc) is 2.88. The van der Waals surface area contributed by atoms with Crippen LogP contribution in [0.4, 0.5) is 0 Å². The average molecular weight is 280 g/mol. The van der Waals surface area contributed by atoms with Gasteiger partial charge in [-0.25, -0.2) is 4.98 Å².